The van der Waals surface area contributed by atoms with E-state index in [-0.39, 0.29) is 0 Å². The van der Waals surface area contributed by atoms with E-state index in [4.69, 9.17) is 0 Å². The Bertz CT molecular complexity index is 2390. The van der Waals surface area contributed by atoms with Gasteiger partial charge >= 0.3 is 0 Å². The first-order valence-electron chi connectivity index (χ1n) is 18.2. The maximum Gasteiger partial charge on any atom is 0.0702 e. The highest BCUT2D eigenvalue weighted by molar-refractivity contribution is 5.95. The Morgan fingerprint density at radius 3 is 2.08 bits per heavy atom. The number of hydrogen-bond acceptors (Lipinski definition) is 2. The quantitative estimate of drug-likeness (QED) is 0.141. The van der Waals surface area contributed by atoms with Crippen LogP contribution in [0.1, 0.15) is 55.1 Å². The largest absolute Gasteiger partial charge is 0.309 e. The molecule has 3 heterocycles. The molecule has 0 saturated heterocycles. The molecule has 7 aromatic rings. The van der Waals surface area contributed by atoms with Crippen LogP contribution in [0.2, 0.25) is 0 Å². The normalized spacial score (nSPS) is 11.6. The van der Waals surface area contributed by atoms with Crippen molar-refractivity contribution in [2.45, 2.75) is 41.0 Å². The lowest BCUT2D eigenvalue weighted by Crippen LogP contribution is -1.99. The minimum Gasteiger partial charge on any atom is -0.309 e. The third kappa shape index (κ3) is 7.95. The first-order valence-corrected chi connectivity index (χ1v) is 18.2. The molecular formula is C50H47N3. The number of allylic oxidation sites excluding steroid dienone is 4. The molecule has 0 fully saturated rings. The molecule has 0 saturated carbocycles. The first-order chi connectivity index (χ1) is 25.9. The smallest absolute Gasteiger partial charge is 0.0702 e. The lowest BCUT2D eigenvalue weighted by Gasteiger charge is -2.15. The standard InChI is InChI=1S/C36H29N3.C14H18/c1-4-10-35-32(5-2)33-11-6-7-13-36(33)39(35)31-20-25(3)19-27(24-31)29-21-28(26-14-17-37-18-15-26)22-30(23-29)34-12-8-9-16-38-34;1-5-11(3)13(6-2)14-10-8-7-9-12(14)4/h4-24H,2H2,1,3H3;6-10H,2,5H2,1,3-4H3/b10-4-;13-11+. The van der Waals surface area contributed by atoms with Gasteiger partial charge in [0.2, 0.25) is 0 Å². The van der Waals surface area contributed by atoms with E-state index >= 15 is 0 Å². The predicted octanol–water partition coefficient (Wildman–Crippen LogP) is 13.8. The van der Waals surface area contributed by atoms with Crippen molar-refractivity contribution in [1.29, 1.82) is 0 Å². The lowest BCUT2D eigenvalue weighted by molar-refractivity contribution is 1.10. The third-order valence-electron chi connectivity index (χ3n) is 9.67. The summed E-state index contributed by atoms with van der Waals surface area (Å²) in [6, 6.07) is 40.6. The van der Waals surface area contributed by atoms with E-state index in [2.05, 4.69) is 178 Å². The van der Waals surface area contributed by atoms with Gasteiger partial charge in [-0.25, -0.2) is 0 Å². The molecule has 0 N–H and O–H groups in total. The van der Waals surface area contributed by atoms with E-state index in [1.165, 1.54) is 33.2 Å². The highest BCUT2D eigenvalue weighted by Crippen LogP contribution is 2.36. The van der Waals surface area contributed by atoms with Crippen LogP contribution in [-0.4, -0.2) is 14.5 Å². The van der Waals surface area contributed by atoms with E-state index in [1.807, 2.05) is 42.9 Å². The number of aryl methyl sites for hydroxylation is 2. The van der Waals surface area contributed by atoms with Crippen LogP contribution >= 0.6 is 0 Å². The second-order valence-electron chi connectivity index (χ2n) is 13.2. The highest BCUT2D eigenvalue weighted by Gasteiger charge is 2.16. The first kappa shape index (κ1) is 36.5. The van der Waals surface area contributed by atoms with E-state index in [0.717, 1.165) is 62.4 Å². The SMILES string of the molecule is C=C/C(=C(/C)CC)c1ccccc1C.C=Cc1c(/C=C\C)n(-c2cc(C)cc(-c3cc(-c4ccncc4)cc(-c4ccccn4)c3)c2)c2ccccc12. The van der Waals surface area contributed by atoms with Crippen molar-refractivity contribution in [1.82, 2.24) is 14.5 Å². The molecule has 0 spiro atoms. The molecule has 262 valence electrons. The Balaban J connectivity index is 0.000000290. The van der Waals surface area contributed by atoms with Crippen molar-refractivity contribution in [3.63, 3.8) is 0 Å². The summed E-state index contributed by atoms with van der Waals surface area (Å²) in [5.74, 6) is 0. The van der Waals surface area contributed by atoms with Crippen molar-refractivity contribution in [2.24, 2.45) is 0 Å². The molecule has 0 aliphatic rings. The molecule has 53 heavy (non-hydrogen) atoms. The third-order valence-corrected chi connectivity index (χ3v) is 9.67. The zero-order valence-corrected chi connectivity index (χ0v) is 31.5. The van der Waals surface area contributed by atoms with Crippen molar-refractivity contribution in [3.05, 3.63) is 193 Å². The molecule has 0 aliphatic carbocycles. The van der Waals surface area contributed by atoms with E-state index < -0.39 is 0 Å². The monoisotopic (exact) mass is 689 g/mol. The summed E-state index contributed by atoms with van der Waals surface area (Å²) < 4.78 is 2.34. The minimum absolute atomic E-state index is 0.949. The second kappa shape index (κ2) is 16.8. The average Bonchev–Trinajstić information content (AvgIpc) is 3.52. The van der Waals surface area contributed by atoms with Gasteiger partial charge in [-0.05, 0) is 145 Å². The van der Waals surface area contributed by atoms with Crippen LogP contribution in [0.4, 0.5) is 0 Å². The summed E-state index contributed by atoms with van der Waals surface area (Å²) >= 11 is 0. The second-order valence-corrected chi connectivity index (χ2v) is 13.2. The van der Waals surface area contributed by atoms with Crippen LogP contribution in [0.15, 0.2) is 165 Å². The number of benzene rings is 4. The van der Waals surface area contributed by atoms with Crippen LogP contribution in [0.5, 0.6) is 0 Å². The molecule has 0 atom stereocenters. The Hall–Kier alpha value is -6.32. The molecule has 4 aromatic carbocycles. The number of nitrogens with zero attached hydrogens (tertiary/aromatic N) is 3. The number of rotatable bonds is 9. The number of aromatic nitrogens is 3. The molecule has 0 amide bonds. The van der Waals surface area contributed by atoms with E-state index in [0.29, 0.717) is 0 Å². The maximum atomic E-state index is 4.65. The zero-order valence-electron chi connectivity index (χ0n) is 31.5. The van der Waals surface area contributed by atoms with Gasteiger partial charge in [-0.3, -0.25) is 9.97 Å². The Morgan fingerprint density at radius 1 is 0.717 bits per heavy atom. The fourth-order valence-electron chi connectivity index (χ4n) is 6.92. The van der Waals surface area contributed by atoms with Crippen molar-refractivity contribution >= 4 is 28.6 Å². The van der Waals surface area contributed by atoms with E-state index in [9.17, 15) is 0 Å². The summed E-state index contributed by atoms with van der Waals surface area (Å²) in [5, 5.41) is 1.20. The van der Waals surface area contributed by atoms with Gasteiger partial charge < -0.3 is 4.57 Å². The molecule has 7 rings (SSSR count). The fourth-order valence-corrected chi connectivity index (χ4v) is 6.92. The molecular weight excluding hydrogens is 643 g/mol. The van der Waals surface area contributed by atoms with Crippen LogP contribution in [-0.2, 0) is 0 Å². The molecule has 0 radical (unpaired) electrons. The summed E-state index contributed by atoms with van der Waals surface area (Å²) in [6.45, 7) is 18.7. The molecule has 0 aliphatic heterocycles. The summed E-state index contributed by atoms with van der Waals surface area (Å²) in [7, 11) is 0. The molecule has 3 aromatic heterocycles. The maximum absolute atomic E-state index is 4.65. The number of pyridine rings is 2. The number of hydrogen-bond donors (Lipinski definition) is 0. The van der Waals surface area contributed by atoms with E-state index in [1.54, 1.807) is 0 Å². The Kier molecular flexibility index (Phi) is 11.6. The number of fused-ring (bicyclic) bond motifs is 1. The Labute approximate surface area is 315 Å². The predicted molar refractivity (Wildman–Crippen MR) is 229 cm³/mol. The highest BCUT2D eigenvalue weighted by atomic mass is 15.0. The fraction of sp³-hybridized carbons (Fsp3) is 0.120. The molecule has 0 unspecified atom stereocenters. The summed E-state index contributed by atoms with van der Waals surface area (Å²) in [5.41, 5.74) is 17.6. The van der Waals surface area contributed by atoms with Gasteiger partial charge in [-0.1, -0.05) is 98.5 Å². The van der Waals surface area contributed by atoms with Crippen LogP contribution in [0.25, 0.3) is 67.8 Å². The van der Waals surface area contributed by atoms with Crippen LogP contribution < -0.4 is 0 Å². The minimum atomic E-state index is 0.949. The van der Waals surface area contributed by atoms with Gasteiger partial charge in [0.25, 0.3) is 0 Å². The van der Waals surface area contributed by atoms with Crippen LogP contribution in [0.3, 0.4) is 0 Å². The molecule has 0 bridgehead atoms. The van der Waals surface area contributed by atoms with Gasteiger partial charge in [-0.15, -0.1) is 0 Å². The van der Waals surface area contributed by atoms with Crippen molar-refractivity contribution < 1.29 is 0 Å². The molecule has 3 nitrogen and oxygen atoms in total. The number of para-hydroxylation sites is 1. The van der Waals surface area contributed by atoms with Crippen molar-refractivity contribution in [2.75, 3.05) is 0 Å². The van der Waals surface area contributed by atoms with Gasteiger partial charge in [-0.2, -0.15) is 0 Å². The van der Waals surface area contributed by atoms with Gasteiger partial charge in [0.15, 0.2) is 0 Å². The summed E-state index contributed by atoms with van der Waals surface area (Å²) in [4.78, 5) is 8.86. The topological polar surface area (TPSA) is 30.7 Å². The molecule has 3 heteroatoms. The Morgan fingerprint density at radius 2 is 1.40 bits per heavy atom. The van der Waals surface area contributed by atoms with Crippen LogP contribution in [0, 0.1) is 13.8 Å². The lowest BCUT2D eigenvalue weighted by atomic mass is 9.94. The van der Waals surface area contributed by atoms with Crippen molar-refractivity contribution in [3.8, 4) is 39.2 Å². The average molecular weight is 690 g/mol. The van der Waals surface area contributed by atoms with Gasteiger partial charge in [0.05, 0.1) is 16.9 Å². The van der Waals surface area contributed by atoms with Gasteiger partial charge in [0, 0.05) is 40.8 Å². The zero-order chi connectivity index (χ0) is 37.3. The van der Waals surface area contributed by atoms with Gasteiger partial charge in [0.1, 0.15) is 0 Å². The summed E-state index contributed by atoms with van der Waals surface area (Å²) in [6.07, 6.45) is 14.8.